The summed E-state index contributed by atoms with van der Waals surface area (Å²) in [5, 5.41) is 120. The van der Waals surface area contributed by atoms with Crippen LogP contribution in [0.2, 0.25) is 0 Å². The molecule has 4 aliphatic rings. The van der Waals surface area contributed by atoms with Crippen molar-refractivity contribution in [1.82, 2.24) is 5.32 Å². The van der Waals surface area contributed by atoms with Crippen LogP contribution in [0.1, 0.15) is 78.0 Å². The highest BCUT2D eigenvalue weighted by Crippen LogP contribution is 2.57. The Morgan fingerprint density at radius 3 is 2.09 bits per heavy atom. The second-order valence-electron chi connectivity index (χ2n) is 14.1. The quantitative estimate of drug-likeness (QED) is 0.0973. The van der Waals surface area contributed by atoms with Crippen LogP contribution in [0.4, 0.5) is 0 Å². The maximum Gasteiger partial charge on any atom is 0.322 e. The largest absolute Gasteiger partial charge is 0.507 e. The topological polar surface area (TPSA) is 340 Å². The van der Waals surface area contributed by atoms with Gasteiger partial charge < -0.3 is 80.4 Å². The number of ether oxygens (including phenoxy) is 4. The predicted molar refractivity (Wildman–Crippen MR) is 184 cm³/mol. The van der Waals surface area contributed by atoms with Gasteiger partial charge in [0.1, 0.15) is 78.4 Å². The Morgan fingerprint density at radius 2 is 1.40 bits per heavy atom. The number of rotatable bonds is 7. The van der Waals surface area contributed by atoms with Crippen LogP contribution >= 0.6 is 0 Å². The second kappa shape index (κ2) is 14.6. The van der Waals surface area contributed by atoms with Crippen molar-refractivity contribution in [2.45, 2.75) is 81.4 Å². The van der Waals surface area contributed by atoms with Gasteiger partial charge in [-0.2, -0.15) is 0 Å². The van der Waals surface area contributed by atoms with Gasteiger partial charge >= 0.3 is 5.97 Å². The molecular formula is C37H37NO19. The molecule has 7 rings (SSSR count). The van der Waals surface area contributed by atoms with Crippen molar-refractivity contribution in [2.24, 2.45) is 0 Å². The fraction of sp³-hybridized carbons (Fsp3) is 0.405. The van der Waals surface area contributed by atoms with Crippen LogP contribution in [0.3, 0.4) is 0 Å². The number of aliphatic hydroxyl groups is 7. The molecule has 0 radical (unpaired) electrons. The summed E-state index contributed by atoms with van der Waals surface area (Å²) in [4.78, 5) is 52.8. The molecule has 3 aromatic rings. The molecule has 3 aromatic carbocycles. The van der Waals surface area contributed by atoms with Gasteiger partial charge in [-0.05, 0) is 42.7 Å². The molecule has 304 valence electrons. The van der Waals surface area contributed by atoms with Crippen LogP contribution in [-0.2, 0) is 19.0 Å². The zero-order valence-corrected chi connectivity index (χ0v) is 29.8. The van der Waals surface area contributed by atoms with Crippen LogP contribution in [-0.4, -0.2) is 148 Å². The van der Waals surface area contributed by atoms with E-state index in [4.69, 9.17) is 24.1 Å². The molecule has 0 spiro atoms. The summed E-state index contributed by atoms with van der Waals surface area (Å²) >= 11 is 0. The number of carboxylic acid groups (broad SMARTS) is 1. The Morgan fingerprint density at radius 1 is 0.772 bits per heavy atom. The van der Waals surface area contributed by atoms with E-state index in [1.807, 2.05) is 0 Å². The summed E-state index contributed by atoms with van der Waals surface area (Å²) in [7, 11) is 0. The van der Waals surface area contributed by atoms with Gasteiger partial charge in [0.25, 0.3) is 5.91 Å². The van der Waals surface area contributed by atoms with Crippen molar-refractivity contribution in [3.63, 3.8) is 0 Å². The minimum atomic E-state index is -1.92. The molecule has 2 saturated heterocycles. The van der Waals surface area contributed by atoms with E-state index in [0.29, 0.717) is 0 Å². The fourth-order valence-corrected chi connectivity index (χ4v) is 7.56. The van der Waals surface area contributed by atoms with Gasteiger partial charge in [0, 0.05) is 28.3 Å². The highest BCUT2D eigenvalue weighted by molar-refractivity contribution is 6.31. The van der Waals surface area contributed by atoms with Gasteiger partial charge in [0.05, 0.1) is 29.4 Å². The smallest absolute Gasteiger partial charge is 0.322 e. The Hall–Kier alpha value is -5.26. The molecule has 1 amide bonds. The van der Waals surface area contributed by atoms with E-state index in [0.717, 1.165) is 18.2 Å². The van der Waals surface area contributed by atoms with E-state index in [1.54, 1.807) is 0 Å². The summed E-state index contributed by atoms with van der Waals surface area (Å²) < 4.78 is 22.3. The predicted octanol–water partition coefficient (Wildman–Crippen LogP) is -1.88. The van der Waals surface area contributed by atoms with Crippen LogP contribution in [0.25, 0.3) is 11.1 Å². The summed E-state index contributed by atoms with van der Waals surface area (Å²) in [6.45, 7) is 1.41. The number of hydrogen-bond acceptors (Lipinski definition) is 18. The number of fused-ring (bicyclic) bond motifs is 5. The number of carboxylic acids is 1. The first-order valence-electron chi connectivity index (χ1n) is 17.4. The first-order chi connectivity index (χ1) is 26.8. The van der Waals surface area contributed by atoms with Gasteiger partial charge in [0.15, 0.2) is 17.9 Å². The maximum absolute atomic E-state index is 14.2. The van der Waals surface area contributed by atoms with Crippen molar-refractivity contribution in [3.8, 4) is 34.1 Å². The average molecular weight is 800 g/mol. The highest BCUT2D eigenvalue weighted by atomic mass is 16.7. The monoisotopic (exact) mass is 799 g/mol. The molecule has 2 fully saturated rings. The third-order valence-electron chi connectivity index (χ3n) is 10.5. The summed E-state index contributed by atoms with van der Waals surface area (Å²) in [5.74, 6) is -7.63. The Labute approximate surface area is 320 Å². The summed E-state index contributed by atoms with van der Waals surface area (Å²) in [5.41, 5.74) is -4.21. The van der Waals surface area contributed by atoms with Gasteiger partial charge in [-0.15, -0.1) is 0 Å². The van der Waals surface area contributed by atoms with Crippen molar-refractivity contribution < 1.29 is 94.3 Å². The van der Waals surface area contributed by atoms with E-state index in [9.17, 15) is 70.2 Å². The molecule has 0 aromatic heterocycles. The average Bonchev–Trinajstić information content (AvgIpc) is 3.15. The first-order valence-corrected chi connectivity index (χ1v) is 17.4. The first kappa shape index (κ1) is 40.0. The maximum atomic E-state index is 14.2. The van der Waals surface area contributed by atoms with Gasteiger partial charge in [-0.1, -0.05) is 6.07 Å². The van der Waals surface area contributed by atoms with Gasteiger partial charge in [-0.3, -0.25) is 19.2 Å². The SMILES string of the molecule is Cc1cc2c(c(O)c1C(=O)NCC(=O)O)-c1c(cc3c(c1O)C(=O)c1cc(OC4OCC(O)C(O)C4O)cc(O)c1C3=O)[C@H](O)[C@H]2OC1OC(C)C(O)C(O)C1O. The zero-order valence-electron chi connectivity index (χ0n) is 29.8. The van der Waals surface area contributed by atoms with E-state index >= 15 is 0 Å². The number of benzene rings is 3. The summed E-state index contributed by atoms with van der Waals surface area (Å²) in [6, 6.07) is 4.13. The van der Waals surface area contributed by atoms with E-state index in [2.05, 4.69) is 5.32 Å². The molecule has 20 nitrogen and oxygen atoms in total. The fourth-order valence-electron chi connectivity index (χ4n) is 7.56. The molecule has 2 aliphatic carbocycles. The number of ketones is 2. The molecule has 2 heterocycles. The number of phenols is 3. The zero-order chi connectivity index (χ0) is 41.5. The van der Waals surface area contributed by atoms with Gasteiger partial charge in [-0.25, -0.2) is 0 Å². The van der Waals surface area contributed by atoms with E-state index in [1.165, 1.54) is 19.9 Å². The lowest BCUT2D eigenvalue weighted by Gasteiger charge is -2.42. The second-order valence-corrected chi connectivity index (χ2v) is 14.1. The molecule has 11 atom stereocenters. The Kier molecular flexibility index (Phi) is 10.2. The van der Waals surface area contributed by atoms with Crippen molar-refractivity contribution in [2.75, 3.05) is 13.2 Å². The summed E-state index contributed by atoms with van der Waals surface area (Å²) in [6.07, 6.45) is -18.1. The third-order valence-corrected chi connectivity index (χ3v) is 10.5. The van der Waals surface area contributed by atoms with E-state index in [-0.39, 0.29) is 22.4 Å². The molecule has 2 aliphatic heterocycles. The number of aliphatic hydroxyl groups excluding tert-OH is 7. The number of aryl methyl sites for hydroxylation is 1. The molecule has 20 heteroatoms. The van der Waals surface area contributed by atoms with Crippen molar-refractivity contribution in [3.05, 3.63) is 68.8 Å². The number of aliphatic carboxylic acids is 1. The van der Waals surface area contributed by atoms with E-state index < -0.39 is 160 Å². The molecule has 9 unspecified atom stereocenters. The number of phenolic OH excluding ortho intramolecular Hbond substituents is 3. The molecule has 0 saturated carbocycles. The lowest BCUT2D eigenvalue weighted by molar-refractivity contribution is -0.312. The number of carbonyl (C=O) groups excluding carboxylic acids is 3. The van der Waals surface area contributed by atoms with Crippen LogP contribution < -0.4 is 10.1 Å². The van der Waals surface area contributed by atoms with Crippen molar-refractivity contribution in [1.29, 1.82) is 0 Å². The minimum absolute atomic E-state index is 0.00190. The minimum Gasteiger partial charge on any atom is -0.507 e. The number of carbonyl (C=O) groups is 4. The Bertz CT molecular complexity index is 2210. The number of hydrogen-bond donors (Lipinski definition) is 12. The van der Waals surface area contributed by atoms with Crippen LogP contribution in [0.15, 0.2) is 24.3 Å². The lowest BCUT2D eigenvalue weighted by Crippen LogP contribution is -2.57. The lowest BCUT2D eigenvalue weighted by atomic mass is 9.74. The molecule has 12 N–H and O–H groups in total. The number of nitrogens with one attached hydrogen (secondary N) is 1. The number of amides is 1. The Balaban J connectivity index is 1.37. The van der Waals surface area contributed by atoms with Crippen LogP contribution in [0.5, 0.6) is 23.0 Å². The normalized spacial score (nSPS) is 30.4. The highest BCUT2D eigenvalue weighted by Gasteiger charge is 2.48. The van der Waals surface area contributed by atoms with Gasteiger partial charge in [0.2, 0.25) is 6.29 Å². The van der Waals surface area contributed by atoms with Crippen LogP contribution in [0, 0.1) is 6.92 Å². The standard InChI is InChI=1S/C37H37NO19/c1-9-3-15-22(29(48)19(9)35(53)38-7-18(41)42)21-13(27(46)34(15)57-37-33(52)31(50)24(43)10(2)55-37)6-14-23(30(21)49)26(45)12-4-11(5-16(39)20(12)25(14)44)56-36-32(51)28(47)17(40)8-54-36/h3-6,10,17,24,27-28,31-34,36-37,39-40,43,46-52H,7-8H2,1-2H3,(H,38,53)(H,41,42)/t10?,17?,24?,27-,28?,31?,32?,33?,34-,36?,37?/m0/s1. The molecular weight excluding hydrogens is 762 g/mol. The molecule has 57 heavy (non-hydrogen) atoms. The molecule has 0 bridgehead atoms. The van der Waals surface area contributed by atoms with Crippen molar-refractivity contribution >= 4 is 23.4 Å². The number of aromatic hydroxyl groups is 3. The third kappa shape index (κ3) is 6.45.